The molecular formula is C17H23NS. The van der Waals surface area contributed by atoms with Gasteiger partial charge in [0.25, 0.3) is 0 Å². The lowest BCUT2D eigenvalue weighted by Gasteiger charge is -2.21. The van der Waals surface area contributed by atoms with E-state index in [9.17, 15) is 0 Å². The molecule has 1 heterocycles. The summed E-state index contributed by atoms with van der Waals surface area (Å²) in [5.41, 5.74) is 5.60. The van der Waals surface area contributed by atoms with Crippen molar-refractivity contribution in [3.05, 3.63) is 57.3 Å². The third-order valence-electron chi connectivity index (χ3n) is 3.46. The monoisotopic (exact) mass is 273 g/mol. The Morgan fingerprint density at radius 2 is 2.05 bits per heavy atom. The molecule has 1 N–H and O–H groups in total. The van der Waals surface area contributed by atoms with Crippen molar-refractivity contribution in [3.8, 4) is 0 Å². The minimum Gasteiger partial charge on any atom is -0.310 e. The summed E-state index contributed by atoms with van der Waals surface area (Å²) in [6.45, 7) is 7.67. The van der Waals surface area contributed by atoms with Crippen LogP contribution in [-0.4, -0.2) is 6.54 Å². The number of aryl methyl sites for hydroxylation is 2. The smallest absolute Gasteiger partial charge is 0.0363 e. The van der Waals surface area contributed by atoms with Crippen LogP contribution in [-0.2, 0) is 6.42 Å². The number of hydrogen-bond donors (Lipinski definition) is 1. The maximum atomic E-state index is 3.69. The van der Waals surface area contributed by atoms with E-state index in [0.717, 1.165) is 13.0 Å². The molecular weight excluding hydrogens is 250 g/mol. The molecule has 0 saturated carbocycles. The molecule has 2 heteroatoms. The van der Waals surface area contributed by atoms with E-state index in [-0.39, 0.29) is 0 Å². The first-order valence-corrected chi connectivity index (χ1v) is 7.96. The van der Waals surface area contributed by atoms with E-state index >= 15 is 0 Å². The molecule has 19 heavy (non-hydrogen) atoms. The second kappa shape index (κ2) is 6.88. The highest BCUT2D eigenvalue weighted by Crippen LogP contribution is 2.23. The van der Waals surface area contributed by atoms with E-state index in [2.05, 4.69) is 61.1 Å². The number of nitrogens with one attached hydrogen (secondary N) is 1. The molecule has 1 aromatic carbocycles. The van der Waals surface area contributed by atoms with Gasteiger partial charge in [-0.2, -0.15) is 11.3 Å². The average molecular weight is 273 g/mol. The van der Waals surface area contributed by atoms with Crippen LogP contribution in [0.25, 0.3) is 0 Å². The van der Waals surface area contributed by atoms with E-state index in [1.54, 1.807) is 11.3 Å². The predicted molar refractivity (Wildman–Crippen MR) is 85.0 cm³/mol. The zero-order valence-corrected chi connectivity index (χ0v) is 12.9. The maximum absolute atomic E-state index is 3.69. The Morgan fingerprint density at radius 1 is 1.21 bits per heavy atom. The van der Waals surface area contributed by atoms with Gasteiger partial charge < -0.3 is 5.32 Å². The molecule has 1 nitrogen and oxygen atoms in total. The van der Waals surface area contributed by atoms with Crippen molar-refractivity contribution in [2.75, 3.05) is 6.54 Å². The van der Waals surface area contributed by atoms with Crippen molar-refractivity contribution in [3.63, 3.8) is 0 Å². The van der Waals surface area contributed by atoms with Gasteiger partial charge in [-0.3, -0.25) is 0 Å². The van der Waals surface area contributed by atoms with Crippen LogP contribution in [0.4, 0.5) is 0 Å². The third-order valence-corrected chi connectivity index (χ3v) is 4.19. The first-order chi connectivity index (χ1) is 9.20. The molecule has 2 rings (SSSR count). The third kappa shape index (κ3) is 3.92. The summed E-state index contributed by atoms with van der Waals surface area (Å²) < 4.78 is 0. The maximum Gasteiger partial charge on any atom is 0.0363 e. The van der Waals surface area contributed by atoms with E-state index in [1.807, 2.05) is 0 Å². The molecule has 1 atom stereocenters. The second-order valence-corrected chi connectivity index (χ2v) is 5.98. The number of hydrogen-bond acceptors (Lipinski definition) is 2. The van der Waals surface area contributed by atoms with Gasteiger partial charge in [-0.15, -0.1) is 0 Å². The Balaban J connectivity index is 2.20. The van der Waals surface area contributed by atoms with Crippen LogP contribution >= 0.6 is 11.3 Å². The average Bonchev–Trinajstić information content (AvgIpc) is 2.88. The topological polar surface area (TPSA) is 12.0 Å². The Bertz CT molecular complexity index is 502. The lowest BCUT2D eigenvalue weighted by Crippen LogP contribution is -2.24. The SMILES string of the molecule is CCCNC(Cc1ccsc1)c1ccc(C)cc1C. The highest BCUT2D eigenvalue weighted by atomic mass is 32.1. The van der Waals surface area contributed by atoms with Crippen LogP contribution in [0.5, 0.6) is 0 Å². The first-order valence-electron chi connectivity index (χ1n) is 7.02. The van der Waals surface area contributed by atoms with E-state index < -0.39 is 0 Å². The normalized spacial score (nSPS) is 12.6. The molecule has 1 unspecified atom stereocenters. The Hall–Kier alpha value is -1.12. The molecule has 0 radical (unpaired) electrons. The van der Waals surface area contributed by atoms with Gasteiger partial charge in [0.15, 0.2) is 0 Å². The molecule has 2 aromatic rings. The van der Waals surface area contributed by atoms with Crippen molar-refractivity contribution in [1.29, 1.82) is 0 Å². The van der Waals surface area contributed by atoms with Crippen LogP contribution < -0.4 is 5.32 Å². The number of thiophene rings is 1. The molecule has 0 saturated heterocycles. The van der Waals surface area contributed by atoms with Crippen molar-refractivity contribution >= 4 is 11.3 Å². The van der Waals surface area contributed by atoms with Gasteiger partial charge in [-0.05, 0) is 66.8 Å². The Morgan fingerprint density at radius 3 is 2.68 bits per heavy atom. The predicted octanol–water partition coefficient (Wildman–Crippen LogP) is 4.65. The lowest BCUT2D eigenvalue weighted by molar-refractivity contribution is 0.527. The minimum absolute atomic E-state index is 0.426. The van der Waals surface area contributed by atoms with E-state index in [4.69, 9.17) is 0 Å². The van der Waals surface area contributed by atoms with Crippen LogP contribution in [0.3, 0.4) is 0 Å². The number of rotatable bonds is 6. The highest BCUT2D eigenvalue weighted by molar-refractivity contribution is 7.07. The van der Waals surface area contributed by atoms with Crippen molar-refractivity contribution in [2.45, 2.75) is 39.7 Å². The summed E-state index contributed by atoms with van der Waals surface area (Å²) >= 11 is 1.78. The van der Waals surface area contributed by atoms with Crippen LogP contribution in [0, 0.1) is 13.8 Å². The van der Waals surface area contributed by atoms with Gasteiger partial charge in [-0.25, -0.2) is 0 Å². The molecule has 102 valence electrons. The van der Waals surface area contributed by atoms with Gasteiger partial charge in [0.1, 0.15) is 0 Å². The van der Waals surface area contributed by atoms with Crippen LogP contribution in [0.1, 0.15) is 41.6 Å². The summed E-state index contributed by atoms with van der Waals surface area (Å²) in [4.78, 5) is 0. The van der Waals surface area contributed by atoms with E-state index in [1.165, 1.54) is 28.7 Å². The molecule has 0 aliphatic carbocycles. The Labute approximate surface area is 120 Å². The summed E-state index contributed by atoms with van der Waals surface area (Å²) in [5.74, 6) is 0. The zero-order chi connectivity index (χ0) is 13.7. The fourth-order valence-corrected chi connectivity index (χ4v) is 3.15. The van der Waals surface area contributed by atoms with Crippen molar-refractivity contribution < 1.29 is 0 Å². The van der Waals surface area contributed by atoms with Gasteiger partial charge in [0.05, 0.1) is 0 Å². The van der Waals surface area contributed by atoms with Gasteiger partial charge >= 0.3 is 0 Å². The highest BCUT2D eigenvalue weighted by Gasteiger charge is 2.14. The lowest BCUT2D eigenvalue weighted by atomic mass is 9.95. The van der Waals surface area contributed by atoms with Gasteiger partial charge in [0.2, 0.25) is 0 Å². The second-order valence-electron chi connectivity index (χ2n) is 5.20. The molecule has 0 aliphatic rings. The van der Waals surface area contributed by atoms with Crippen LogP contribution in [0.15, 0.2) is 35.0 Å². The fourth-order valence-electron chi connectivity index (χ4n) is 2.47. The van der Waals surface area contributed by atoms with Crippen LogP contribution in [0.2, 0.25) is 0 Å². The molecule has 0 aliphatic heterocycles. The quantitative estimate of drug-likeness (QED) is 0.808. The molecule has 0 fully saturated rings. The minimum atomic E-state index is 0.426. The van der Waals surface area contributed by atoms with Crippen molar-refractivity contribution in [1.82, 2.24) is 5.32 Å². The summed E-state index contributed by atoms with van der Waals surface area (Å²) in [6.07, 6.45) is 2.25. The standard InChI is InChI=1S/C17H23NS/c1-4-8-18-17(11-15-7-9-19-12-15)16-6-5-13(2)10-14(16)3/h5-7,9-10,12,17-18H,4,8,11H2,1-3H3. The first kappa shape index (κ1) is 14.3. The zero-order valence-electron chi connectivity index (χ0n) is 12.1. The molecule has 0 amide bonds. The van der Waals surface area contributed by atoms with Gasteiger partial charge in [-0.1, -0.05) is 30.7 Å². The van der Waals surface area contributed by atoms with E-state index in [0.29, 0.717) is 6.04 Å². The fraction of sp³-hybridized carbons (Fsp3) is 0.412. The summed E-state index contributed by atoms with van der Waals surface area (Å²) in [5, 5.41) is 8.10. The summed E-state index contributed by atoms with van der Waals surface area (Å²) in [6, 6.07) is 9.44. The Kier molecular flexibility index (Phi) is 5.17. The number of benzene rings is 1. The largest absolute Gasteiger partial charge is 0.310 e. The van der Waals surface area contributed by atoms with Gasteiger partial charge in [0, 0.05) is 6.04 Å². The summed E-state index contributed by atoms with van der Waals surface area (Å²) in [7, 11) is 0. The molecule has 0 spiro atoms. The molecule has 0 bridgehead atoms. The van der Waals surface area contributed by atoms with Crippen molar-refractivity contribution in [2.24, 2.45) is 0 Å². The molecule has 1 aromatic heterocycles.